The van der Waals surface area contributed by atoms with Gasteiger partial charge in [0.25, 0.3) is 5.91 Å². The highest BCUT2D eigenvalue weighted by Gasteiger charge is 2.39. The monoisotopic (exact) mass is 966 g/mol. The molecule has 378 valence electrons. The van der Waals surface area contributed by atoms with Crippen molar-refractivity contribution < 1.29 is 48.0 Å². The van der Waals surface area contributed by atoms with E-state index in [0.717, 1.165) is 39.0 Å². The largest absolute Gasteiger partial charge is 0.508 e. The molecular weight excluding hydrogens is 895 g/mol. The van der Waals surface area contributed by atoms with Crippen LogP contribution in [0.4, 0.5) is 4.79 Å². The lowest BCUT2D eigenvalue weighted by Gasteiger charge is -2.37. The van der Waals surface area contributed by atoms with E-state index in [2.05, 4.69) is 54.3 Å². The van der Waals surface area contributed by atoms with Gasteiger partial charge in [-0.2, -0.15) is 0 Å². The van der Waals surface area contributed by atoms with E-state index in [9.17, 15) is 29.1 Å². The first-order valence-corrected chi connectivity index (χ1v) is 24.6. The normalized spacial score (nSPS) is 19.9. The smallest absolute Gasteiger partial charge is 0.409 e. The third-order valence-electron chi connectivity index (χ3n) is 13.9. The molecule has 5 heterocycles. The van der Waals surface area contributed by atoms with Gasteiger partial charge in [0, 0.05) is 75.3 Å². The van der Waals surface area contributed by atoms with Gasteiger partial charge < -0.3 is 43.7 Å². The highest BCUT2D eigenvalue weighted by atomic mass is 16.6. The lowest BCUT2D eigenvalue weighted by Crippen LogP contribution is -2.62. The number of hydrazine groups is 1. The first-order chi connectivity index (χ1) is 33.3. The van der Waals surface area contributed by atoms with Crippen LogP contribution >= 0.6 is 0 Å². The molecule has 5 atom stereocenters. The lowest BCUT2D eigenvalue weighted by molar-refractivity contribution is -0.155. The van der Waals surface area contributed by atoms with E-state index >= 15 is 0 Å². The quantitative estimate of drug-likeness (QED) is 0.125. The van der Waals surface area contributed by atoms with Crippen LogP contribution in [-0.4, -0.2) is 138 Å². The summed E-state index contributed by atoms with van der Waals surface area (Å²) >= 11 is 0. The van der Waals surface area contributed by atoms with Gasteiger partial charge in [0.1, 0.15) is 23.9 Å². The number of aryl methyl sites for hydroxylation is 1. The number of cyclic esters (lactones) is 1. The van der Waals surface area contributed by atoms with Crippen LogP contribution in [0.3, 0.4) is 0 Å². The van der Waals surface area contributed by atoms with Gasteiger partial charge in [0.2, 0.25) is 11.8 Å². The number of pyridine rings is 1. The summed E-state index contributed by atoms with van der Waals surface area (Å²) < 4.78 is 24.8. The number of esters is 1. The Bertz CT molecular complexity index is 2570. The number of amides is 4. The number of likely N-dealkylation sites (N-methyl/N-ethyl adjacent to an activating group) is 1. The van der Waals surface area contributed by atoms with Crippen LogP contribution in [0.15, 0.2) is 54.7 Å². The van der Waals surface area contributed by atoms with Crippen LogP contribution in [0.1, 0.15) is 90.7 Å². The van der Waals surface area contributed by atoms with Crippen molar-refractivity contribution in [1.29, 1.82) is 0 Å². The number of hydrogen-bond donors (Lipinski definition) is 3. The van der Waals surface area contributed by atoms with Gasteiger partial charge in [-0.05, 0) is 104 Å². The zero-order valence-electron chi connectivity index (χ0n) is 42.4. The van der Waals surface area contributed by atoms with Gasteiger partial charge in [-0.25, -0.2) is 10.2 Å². The number of methoxy groups -OCH3 is 1. The predicted octanol–water partition coefficient (Wildman–Crippen LogP) is 6.43. The number of nitrogens with zero attached hydrogens (tertiary/aromatic N) is 5. The van der Waals surface area contributed by atoms with E-state index < -0.39 is 53.3 Å². The topological polar surface area (TPSA) is 194 Å². The molecule has 0 spiro atoms. The number of nitrogens with one attached hydrogen (secondary N) is 2. The number of hydrogen-bond acceptors (Lipinski definition) is 12. The molecule has 3 N–H and O–H groups in total. The number of phenols is 1. The van der Waals surface area contributed by atoms with E-state index in [1.165, 1.54) is 14.8 Å². The molecule has 70 heavy (non-hydrogen) atoms. The Morgan fingerprint density at radius 3 is 2.47 bits per heavy atom. The maximum absolute atomic E-state index is 14.8. The Morgan fingerprint density at radius 1 is 1.04 bits per heavy atom. The number of benzene rings is 2. The van der Waals surface area contributed by atoms with Gasteiger partial charge in [0.15, 0.2) is 6.10 Å². The minimum atomic E-state index is -1.19. The molecule has 3 aliphatic rings. The number of aromatic nitrogens is 2. The van der Waals surface area contributed by atoms with E-state index in [1.54, 1.807) is 39.5 Å². The van der Waals surface area contributed by atoms with Crippen molar-refractivity contribution in [2.45, 2.75) is 117 Å². The minimum Gasteiger partial charge on any atom is -0.508 e. The average Bonchev–Trinajstić information content (AvgIpc) is 3.63. The van der Waals surface area contributed by atoms with Crippen LogP contribution in [-0.2, 0) is 57.5 Å². The standard InChI is InChI=1S/C53H71N7O10/c1-11-34(27-57(8)52(66)70-38-28-68-29-38)49(63)58(9)46(31(3)4)48(62)55-43-23-33-21-36(24-37(61)22-33)35-17-18-44-40(25-35)41(47(59(44)12-2)39-15-13-19-54-45(39)32(5)67-10)26-53(6,7)30-69-51(65)42-16-14-20-60(56-42)50(43)64/h13,15,17-19,21-22,24-25,31-32,34,38,42-43,46,56,61H,11-12,14,16,20,23,26-30H2,1-10H3,(H,55,62)/t32-,34-,42-,43-,46-/m0/s1. The third kappa shape index (κ3) is 11.3. The van der Waals surface area contributed by atoms with Gasteiger partial charge in [-0.15, -0.1) is 0 Å². The molecule has 17 nitrogen and oxygen atoms in total. The highest BCUT2D eigenvalue weighted by Crippen LogP contribution is 2.42. The number of ether oxygens (including phenoxy) is 4. The van der Waals surface area contributed by atoms with Crippen LogP contribution in [0.25, 0.3) is 33.3 Å². The first kappa shape index (κ1) is 51.8. The number of aromatic hydroxyl groups is 1. The zero-order chi connectivity index (χ0) is 50.6. The van der Waals surface area contributed by atoms with Crippen molar-refractivity contribution in [1.82, 2.24) is 35.1 Å². The van der Waals surface area contributed by atoms with Gasteiger partial charge in [0.05, 0.1) is 43.2 Å². The highest BCUT2D eigenvalue weighted by molar-refractivity contribution is 5.96. The van der Waals surface area contributed by atoms with E-state index in [0.29, 0.717) is 56.6 Å². The van der Waals surface area contributed by atoms with Crippen LogP contribution < -0.4 is 10.7 Å². The number of fused-ring (bicyclic) bond motifs is 6. The Balaban J connectivity index is 1.27. The number of rotatable bonds is 13. The second kappa shape index (κ2) is 21.9. The molecule has 2 aromatic heterocycles. The Hall–Kier alpha value is -6.04. The molecule has 2 saturated heterocycles. The molecule has 0 aliphatic carbocycles. The third-order valence-corrected chi connectivity index (χ3v) is 13.9. The second-order valence-electron chi connectivity index (χ2n) is 20.2. The maximum Gasteiger partial charge on any atom is 0.409 e. The molecule has 0 saturated carbocycles. The van der Waals surface area contributed by atoms with E-state index in [-0.39, 0.29) is 55.9 Å². The molecule has 7 rings (SSSR count). The second-order valence-corrected chi connectivity index (χ2v) is 20.2. The Kier molecular flexibility index (Phi) is 16.2. The number of carbonyl (C=O) groups is 5. The maximum atomic E-state index is 14.8. The van der Waals surface area contributed by atoms with Crippen molar-refractivity contribution in [3.05, 3.63) is 71.5 Å². The van der Waals surface area contributed by atoms with E-state index in [4.69, 9.17) is 23.9 Å². The Morgan fingerprint density at radius 2 is 1.80 bits per heavy atom. The summed E-state index contributed by atoms with van der Waals surface area (Å²) in [5, 5.41) is 16.7. The summed E-state index contributed by atoms with van der Waals surface area (Å²) in [5.41, 5.74) is 9.46. The molecule has 17 heteroatoms. The van der Waals surface area contributed by atoms with Gasteiger partial charge >= 0.3 is 12.1 Å². The summed E-state index contributed by atoms with van der Waals surface area (Å²) in [7, 11) is 4.80. The van der Waals surface area contributed by atoms with Crippen LogP contribution in [0.2, 0.25) is 0 Å². The van der Waals surface area contributed by atoms with Crippen molar-refractivity contribution in [3.63, 3.8) is 0 Å². The minimum absolute atomic E-state index is 0.0222. The molecule has 0 radical (unpaired) electrons. The van der Waals surface area contributed by atoms with Crippen molar-refractivity contribution in [2.24, 2.45) is 17.3 Å². The van der Waals surface area contributed by atoms with Crippen LogP contribution in [0.5, 0.6) is 5.75 Å². The summed E-state index contributed by atoms with van der Waals surface area (Å²) in [6.07, 6.45) is 2.41. The molecule has 4 aromatic rings. The van der Waals surface area contributed by atoms with Gasteiger partial charge in [-0.3, -0.25) is 29.2 Å². The zero-order valence-corrected chi connectivity index (χ0v) is 42.4. The molecule has 2 fully saturated rings. The Labute approximate surface area is 411 Å². The SMILES string of the molecule is CC[C@@H](CN(C)C(=O)OC1COC1)C(=O)N(C)[C@H](C(=O)N[C@H]1Cc2cc(O)cc(c2)-c2ccc3c(c2)c(c(-c2cccnc2[C@H](C)OC)n3CC)CC(C)(C)COC(=O)[C@@H]2CCCN(N2)C1=O)C(C)C. The van der Waals surface area contributed by atoms with Crippen molar-refractivity contribution >= 4 is 40.7 Å². The fourth-order valence-corrected chi connectivity index (χ4v) is 9.98. The predicted molar refractivity (Wildman–Crippen MR) is 264 cm³/mol. The summed E-state index contributed by atoms with van der Waals surface area (Å²) in [6, 6.07) is 12.4. The van der Waals surface area contributed by atoms with Crippen molar-refractivity contribution in [3.8, 4) is 28.1 Å². The van der Waals surface area contributed by atoms with E-state index in [1.807, 2.05) is 45.9 Å². The van der Waals surface area contributed by atoms with Gasteiger partial charge in [-0.1, -0.05) is 46.8 Å². The molecular formula is C53H71N7O10. The van der Waals surface area contributed by atoms with Crippen molar-refractivity contribution in [2.75, 3.05) is 54.1 Å². The number of phenolic OH excluding ortho intramolecular Hbond substituents is 1. The average molecular weight is 966 g/mol. The molecule has 0 unspecified atom stereocenters. The fourth-order valence-electron chi connectivity index (χ4n) is 9.98. The summed E-state index contributed by atoms with van der Waals surface area (Å²) in [5.74, 6) is -2.94. The van der Waals surface area contributed by atoms with Crippen LogP contribution in [0, 0.1) is 17.3 Å². The number of carbonyl (C=O) groups excluding carboxylic acids is 5. The molecule has 3 aliphatic heterocycles. The summed E-state index contributed by atoms with van der Waals surface area (Å²) in [4.78, 5) is 78.0. The first-order valence-electron chi connectivity index (χ1n) is 24.6. The molecule has 4 amide bonds. The lowest BCUT2D eigenvalue weighted by atomic mass is 9.84. The molecule has 6 bridgehead atoms. The molecule has 2 aromatic carbocycles. The summed E-state index contributed by atoms with van der Waals surface area (Å²) in [6.45, 7) is 15.5. The fraction of sp³-hybridized carbons (Fsp3) is 0.547.